The summed E-state index contributed by atoms with van der Waals surface area (Å²) in [5.41, 5.74) is 2.37. The molecule has 0 fully saturated rings. The van der Waals surface area contributed by atoms with E-state index in [4.69, 9.17) is 9.47 Å². The van der Waals surface area contributed by atoms with Gasteiger partial charge in [-0.3, -0.25) is 0 Å². The molecule has 32 heavy (non-hydrogen) atoms. The third-order valence-corrected chi connectivity index (χ3v) is 5.34. The van der Waals surface area contributed by atoms with Crippen molar-refractivity contribution in [2.24, 2.45) is 0 Å². The molecule has 6 nitrogen and oxygen atoms in total. The number of ether oxygens (including phenoxy) is 2. The second kappa shape index (κ2) is 12.0. The number of aromatic nitrogens is 1. The van der Waals surface area contributed by atoms with Gasteiger partial charge in [-0.1, -0.05) is 30.3 Å². The van der Waals surface area contributed by atoms with Crippen molar-refractivity contribution in [1.82, 2.24) is 4.98 Å². The van der Waals surface area contributed by atoms with Crippen LogP contribution in [0.15, 0.2) is 72.9 Å². The summed E-state index contributed by atoms with van der Waals surface area (Å²) in [6.45, 7) is 7.47. The minimum atomic E-state index is -0.697. The highest BCUT2D eigenvalue weighted by molar-refractivity contribution is 5.48. The van der Waals surface area contributed by atoms with Gasteiger partial charge in [0.25, 0.3) is 0 Å². The Morgan fingerprint density at radius 1 is 0.875 bits per heavy atom. The maximum atomic E-state index is 10.7. The highest BCUT2D eigenvalue weighted by Crippen LogP contribution is 2.26. The van der Waals surface area contributed by atoms with Crippen LogP contribution < -0.4 is 19.3 Å². The summed E-state index contributed by atoms with van der Waals surface area (Å²) in [5.74, 6) is 2.08. The van der Waals surface area contributed by atoms with E-state index in [1.165, 1.54) is 5.69 Å². The molecule has 3 rings (SSSR count). The van der Waals surface area contributed by atoms with Crippen LogP contribution in [0.4, 0.5) is 11.5 Å². The molecule has 0 aliphatic heterocycles. The Kier molecular flexibility index (Phi) is 8.75. The monoisotopic (exact) mass is 435 g/mol. The number of rotatable bonds is 12. The summed E-state index contributed by atoms with van der Waals surface area (Å²) in [6.07, 6.45) is 1.07. The average molecular weight is 436 g/mol. The summed E-state index contributed by atoms with van der Waals surface area (Å²) >= 11 is 0. The molecule has 170 valence electrons. The van der Waals surface area contributed by atoms with Gasteiger partial charge in [0.2, 0.25) is 0 Å². The summed E-state index contributed by atoms with van der Waals surface area (Å²) < 4.78 is 11.1. The Balaban J connectivity index is 1.68. The molecule has 1 heterocycles. The van der Waals surface area contributed by atoms with Crippen molar-refractivity contribution < 1.29 is 14.6 Å². The first-order chi connectivity index (χ1) is 15.6. The zero-order valence-electron chi connectivity index (χ0n) is 19.1. The molecule has 3 aromatic rings. The van der Waals surface area contributed by atoms with E-state index in [-0.39, 0.29) is 6.61 Å². The maximum absolute atomic E-state index is 10.7. The predicted octanol–water partition coefficient (Wildman–Crippen LogP) is 4.38. The number of benzene rings is 2. The summed E-state index contributed by atoms with van der Waals surface area (Å²) in [7, 11) is 1.60. The van der Waals surface area contributed by atoms with E-state index in [1.807, 2.05) is 42.5 Å². The number of anilines is 2. The SMILES string of the molecule is CCN(CC)c1ccc(CN(CC(O)COc2ccccc2OC)c2ccccn2)cc1. The van der Waals surface area contributed by atoms with Crippen LogP contribution in [0.25, 0.3) is 0 Å². The molecule has 1 atom stereocenters. The molecule has 1 N–H and O–H groups in total. The molecule has 0 aliphatic carbocycles. The highest BCUT2D eigenvalue weighted by Gasteiger charge is 2.16. The van der Waals surface area contributed by atoms with Crippen LogP contribution in [-0.2, 0) is 6.54 Å². The molecule has 1 aromatic heterocycles. The van der Waals surface area contributed by atoms with Crippen molar-refractivity contribution in [3.05, 3.63) is 78.5 Å². The first-order valence-corrected chi connectivity index (χ1v) is 11.1. The molecule has 6 heteroatoms. The van der Waals surface area contributed by atoms with Gasteiger partial charge in [-0.2, -0.15) is 0 Å². The van der Waals surface area contributed by atoms with Crippen LogP contribution in [0, 0.1) is 0 Å². The molecular formula is C26H33N3O3. The predicted molar refractivity (Wildman–Crippen MR) is 130 cm³/mol. The van der Waals surface area contributed by atoms with Crippen LogP contribution in [-0.4, -0.2) is 49.5 Å². The third-order valence-electron chi connectivity index (χ3n) is 5.34. The molecule has 0 spiro atoms. The lowest BCUT2D eigenvalue weighted by Gasteiger charge is -2.27. The second-order valence-corrected chi connectivity index (χ2v) is 7.52. The van der Waals surface area contributed by atoms with Crippen molar-refractivity contribution in [1.29, 1.82) is 0 Å². The molecular weight excluding hydrogens is 402 g/mol. The Bertz CT molecular complexity index is 931. The molecule has 0 radical (unpaired) electrons. The summed E-state index contributed by atoms with van der Waals surface area (Å²) in [5, 5.41) is 10.7. The number of pyridine rings is 1. The van der Waals surface area contributed by atoms with Gasteiger partial charge in [0.05, 0.1) is 7.11 Å². The van der Waals surface area contributed by atoms with Gasteiger partial charge in [0.1, 0.15) is 18.5 Å². The van der Waals surface area contributed by atoms with Crippen LogP contribution in [0.3, 0.4) is 0 Å². The van der Waals surface area contributed by atoms with E-state index >= 15 is 0 Å². The fraction of sp³-hybridized carbons (Fsp3) is 0.346. The highest BCUT2D eigenvalue weighted by atomic mass is 16.5. The van der Waals surface area contributed by atoms with Gasteiger partial charge >= 0.3 is 0 Å². The minimum Gasteiger partial charge on any atom is -0.493 e. The fourth-order valence-corrected chi connectivity index (χ4v) is 3.63. The molecule has 1 unspecified atom stereocenters. The number of nitrogens with zero attached hydrogens (tertiary/aromatic N) is 3. The molecule has 2 aromatic carbocycles. The topological polar surface area (TPSA) is 58.1 Å². The van der Waals surface area contributed by atoms with E-state index in [0.717, 1.165) is 24.5 Å². The normalized spacial score (nSPS) is 11.6. The maximum Gasteiger partial charge on any atom is 0.161 e. The standard InChI is InChI=1S/C26H33N3O3/c1-4-28(5-2)22-15-13-21(14-16-22)18-29(26-12-8-9-17-27-26)19-23(30)20-32-25-11-7-6-10-24(25)31-3/h6-17,23,30H,4-5,18-20H2,1-3H3. The van der Waals surface area contributed by atoms with E-state index in [1.54, 1.807) is 13.3 Å². The number of hydrogen-bond donors (Lipinski definition) is 1. The lowest BCUT2D eigenvalue weighted by molar-refractivity contribution is 0.110. The summed E-state index contributed by atoms with van der Waals surface area (Å²) in [4.78, 5) is 8.88. The van der Waals surface area contributed by atoms with Crippen molar-refractivity contribution in [2.45, 2.75) is 26.5 Å². The van der Waals surface area contributed by atoms with E-state index in [9.17, 15) is 5.11 Å². The second-order valence-electron chi connectivity index (χ2n) is 7.52. The van der Waals surface area contributed by atoms with E-state index < -0.39 is 6.10 Å². The molecule has 0 saturated heterocycles. The Hall–Kier alpha value is -3.25. The van der Waals surface area contributed by atoms with Gasteiger partial charge < -0.3 is 24.4 Å². The minimum absolute atomic E-state index is 0.157. The molecule has 0 saturated carbocycles. The van der Waals surface area contributed by atoms with Crippen LogP contribution in [0.5, 0.6) is 11.5 Å². The van der Waals surface area contributed by atoms with Crippen molar-refractivity contribution in [2.75, 3.05) is 43.2 Å². The first-order valence-electron chi connectivity index (χ1n) is 11.1. The van der Waals surface area contributed by atoms with Gasteiger partial charge in [0.15, 0.2) is 11.5 Å². The lowest BCUT2D eigenvalue weighted by atomic mass is 10.1. The number of methoxy groups -OCH3 is 1. The van der Waals surface area contributed by atoms with Crippen LogP contribution in [0.2, 0.25) is 0 Å². The average Bonchev–Trinajstić information content (AvgIpc) is 2.85. The smallest absolute Gasteiger partial charge is 0.161 e. The van der Waals surface area contributed by atoms with Crippen LogP contribution >= 0.6 is 0 Å². The van der Waals surface area contributed by atoms with Gasteiger partial charge in [-0.05, 0) is 55.8 Å². The van der Waals surface area contributed by atoms with Crippen LogP contribution in [0.1, 0.15) is 19.4 Å². The number of aliphatic hydroxyl groups is 1. The van der Waals surface area contributed by atoms with Gasteiger partial charge in [-0.15, -0.1) is 0 Å². The van der Waals surface area contributed by atoms with Crippen molar-refractivity contribution in [3.63, 3.8) is 0 Å². The van der Waals surface area contributed by atoms with Crippen molar-refractivity contribution >= 4 is 11.5 Å². The molecule has 0 amide bonds. The Morgan fingerprint density at radius 2 is 1.56 bits per heavy atom. The number of hydrogen-bond acceptors (Lipinski definition) is 6. The van der Waals surface area contributed by atoms with Gasteiger partial charge in [0, 0.05) is 38.1 Å². The Morgan fingerprint density at radius 3 is 2.19 bits per heavy atom. The lowest BCUT2D eigenvalue weighted by Crippen LogP contribution is -2.36. The third kappa shape index (κ3) is 6.37. The van der Waals surface area contributed by atoms with E-state index in [2.05, 4.69) is 52.9 Å². The fourth-order valence-electron chi connectivity index (χ4n) is 3.63. The number of para-hydroxylation sites is 2. The van der Waals surface area contributed by atoms with Gasteiger partial charge in [-0.25, -0.2) is 4.98 Å². The van der Waals surface area contributed by atoms with E-state index in [0.29, 0.717) is 24.6 Å². The Labute approximate surface area is 191 Å². The molecule has 0 bridgehead atoms. The number of aliphatic hydroxyl groups excluding tert-OH is 1. The quantitative estimate of drug-likeness (QED) is 0.456. The largest absolute Gasteiger partial charge is 0.493 e. The first kappa shape index (κ1) is 23.4. The molecule has 0 aliphatic rings. The summed E-state index contributed by atoms with van der Waals surface area (Å²) in [6, 6.07) is 21.8. The zero-order valence-corrected chi connectivity index (χ0v) is 19.1. The van der Waals surface area contributed by atoms with Crippen molar-refractivity contribution in [3.8, 4) is 11.5 Å². The zero-order chi connectivity index (χ0) is 22.8.